The summed E-state index contributed by atoms with van der Waals surface area (Å²) in [4.78, 5) is 8.66. The molecule has 0 unspecified atom stereocenters. The summed E-state index contributed by atoms with van der Waals surface area (Å²) < 4.78 is 18.4. The fraction of sp³-hybridized carbons (Fsp3) is 0.692. The zero-order chi connectivity index (χ0) is 18.5. The number of aromatic amines is 2. The number of anilines is 2. The Morgan fingerprint density at radius 3 is 1.48 bits per heavy atom. The molecule has 0 aliphatic rings. The summed E-state index contributed by atoms with van der Waals surface area (Å²) in [6.45, 7) is 8.76. The zero-order valence-electron chi connectivity index (χ0n) is 15.0. The summed E-state index contributed by atoms with van der Waals surface area (Å²) >= 11 is 0. The Morgan fingerprint density at radius 1 is 0.840 bits per heavy atom. The van der Waals surface area contributed by atoms with E-state index in [9.17, 15) is 0 Å². The second-order valence-electron chi connectivity index (χ2n) is 5.20. The van der Waals surface area contributed by atoms with Crippen LogP contribution in [0.1, 0.15) is 45.8 Å². The van der Waals surface area contributed by atoms with Gasteiger partial charge in [0, 0.05) is 19.8 Å². The lowest BCUT2D eigenvalue weighted by Gasteiger charge is -2.41. The van der Waals surface area contributed by atoms with Crippen molar-refractivity contribution in [2.75, 3.05) is 31.3 Å². The highest BCUT2D eigenvalue weighted by molar-refractivity contribution is 6.65. The normalized spacial score (nSPS) is 12.6. The SMILES string of the molecule is CCO[Si](OCC)(OCC)C(CC)(c1nc(N)n[nH]1)c1nc(N)n[nH]1. The maximum atomic E-state index is 6.13. The van der Waals surface area contributed by atoms with E-state index >= 15 is 0 Å². The van der Waals surface area contributed by atoms with Gasteiger partial charge in [-0.15, -0.1) is 10.2 Å². The van der Waals surface area contributed by atoms with Crippen LogP contribution < -0.4 is 11.5 Å². The summed E-state index contributed by atoms with van der Waals surface area (Å²) in [5.74, 6) is 1.08. The largest absolute Gasteiger partial charge is 0.523 e. The highest BCUT2D eigenvalue weighted by Gasteiger charge is 2.66. The van der Waals surface area contributed by atoms with E-state index in [1.165, 1.54) is 0 Å². The molecule has 2 aromatic rings. The van der Waals surface area contributed by atoms with E-state index in [1.807, 2.05) is 27.7 Å². The molecular weight excluding hydrogens is 344 g/mol. The van der Waals surface area contributed by atoms with Crippen LogP contribution in [0.2, 0.25) is 0 Å². The van der Waals surface area contributed by atoms with Crippen molar-refractivity contribution in [3.05, 3.63) is 11.6 Å². The minimum absolute atomic E-state index is 0.104. The van der Waals surface area contributed by atoms with Crippen LogP contribution in [-0.4, -0.2) is 59.0 Å². The van der Waals surface area contributed by atoms with E-state index in [2.05, 4.69) is 30.4 Å². The number of nitrogens with two attached hydrogens (primary N) is 2. The van der Waals surface area contributed by atoms with Crippen molar-refractivity contribution in [2.24, 2.45) is 0 Å². The first-order chi connectivity index (χ1) is 12.0. The lowest BCUT2D eigenvalue weighted by atomic mass is 10.0. The number of hydrogen-bond acceptors (Lipinski definition) is 9. The molecule has 0 saturated heterocycles. The van der Waals surface area contributed by atoms with Gasteiger partial charge in [-0.3, -0.25) is 10.2 Å². The van der Waals surface area contributed by atoms with Gasteiger partial charge in [0.1, 0.15) is 11.6 Å². The Bertz CT molecular complexity index is 619. The molecule has 0 atom stereocenters. The monoisotopic (exact) mass is 370 g/mol. The predicted octanol–water partition coefficient (Wildman–Crippen LogP) is 0.371. The first kappa shape index (κ1) is 19.3. The van der Waals surface area contributed by atoms with E-state index in [0.29, 0.717) is 37.9 Å². The van der Waals surface area contributed by atoms with Gasteiger partial charge in [-0.05, 0) is 27.2 Å². The van der Waals surface area contributed by atoms with Crippen molar-refractivity contribution in [3.8, 4) is 0 Å². The molecule has 25 heavy (non-hydrogen) atoms. The van der Waals surface area contributed by atoms with Crippen molar-refractivity contribution >= 4 is 20.7 Å². The number of nitrogens with zero attached hydrogens (tertiary/aromatic N) is 4. The standard InChI is InChI=1S/C13H26N8O3Si/c1-5-13(9-16-11(14)20-18-9,10-17-12(15)21-19-10)25(22-6-2,23-7-3)24-8-4/h5-8H2,1-4H3,(H3,14,16,18,20)(H3,15,17,19,21). The highest BCUT2D eigenvalue weighted by atomic mass is 28.4. The first-order valence-electron chi connectivity index (χ1n) is 8.28. The van der Waals surface area contributed by atoms with Gasteiger partial charge in [-0.2, -0.15) is 9.97 Å². The quantitative estimate of drug-likeness (QED) is 0.433. The van der Waals surface area contributed by atoms with Crippen molar-refractivity contribution < 1.29 is 13.3 Å². The van der Waals surface area contributed by atoms with Crippen molar-refractivity contribution in [2.45, 2.75) is 39.2 Å². The molecule has 6 N–H and O–H groups in total. The Morgan fingerprint density at radius 2 is 1.24 bits per heavy atom. The minimum atomic E-state index is -3.41. The van der Waals surface area contributed by atoms with E-state index in [-0.39, 0.29) is 11.9 Å². The molecule has 2 rings (SSSR count). The minimum Gasteiger partial charge on any atom is -0.373 e. The molecule has 0 amide bonds. The second kappa shape index (κ2) is 7.90. The van der Waals surface area contributed by atoms with Gasteiger partial charge in [-0.25, -0.2) is 0 Å². The Hall–Kier alpha value is -2.02. The number of nitrogens with one attached hydrogen (secondary N) is 2. The van der Waals surface area contributed by atoms with Gasteiger partial charge in [0.05, 0.1) is 0 Å². The Labute approximate surface area is 147 Å². The van der Waals surface area contributed by atoms with Gasteiger partial charge in [0.2, 0.25) is 11.9 Å². The summed E-state index contributed by atoms with van der Waals surface area (Å²) in [7, 11) is -3.41. The van der Waals surface area contributed by atoms with Crippen molar-refractivity contribution in [3.63, 3.8) is 0 Å². The average Bonchev–Trinajstić information content (AvgIpc) is 3.19. The number of rotatable bonds is 10. The zero-order valence-corrected chi connectivity index (χ0v) is 16.0. The summed E-state index contributed by atoms with van der Waals surface area (Å²) in [5.41, 5.74) is 11.5. The molecule has 0 bridgehead atoms. The molecule has 11 nitrogen and oxygen atoms in total. The maximum absolute atomic E-state index is 6.13. The van der Waals surface area contributed by atoms with Crippen LogP contribution in [0.15, 0.2) is 0 Å². The lowest BCUT2D eigenvalue weighted by molar-refractivity contribution is 0.0465. The lowest BCUT2D eigenvalue weighted by Crippen LogP contribution is -2.64. The molecule has 140 valence electrons. The van der Waals surface area contributed by atoms with Crippen LogP contribution in [0.3, 0.4) is 0 Å². The van der Waals surface area contributed by atoms with Crippen molar-refractivity contribution in [1.82, 2.24) is 30.4 Å². The number of hydrogen-bond donors (Lipinski definition) is 4. The van der Waals surface area contributed by atoms with Crippen molar-refractivity contribution in [1.29, 1.82) is 0 Å². The molecule has 0 aromatic carbocycles. The molecule has 0 spiro atoms. The fourth-order valence-electron chi connectivity index (χ4n) is 2.95. The molecule has 0 aliphatic heterocycles. The first-order valence-corrected chi connectivity index (χ1v) is 10.0. The molecule has 0 radical (unpaired) electrons. The van der Waals surface area contributed by atoms with E-state index < -0.39 is 13.8 Å². The summed E-state index contributed by atoms with van der Waals surface area (Å²) in [6, 6.07) is 0. The van der Waals surface area contributed by atoms with Crippen LogP contribution in [0.4, 0.5) is 11.9 Å². The highest BCUT2D eigenvalue weighted by Crippen LogP contribution is 2.42. The van der Waals surface area contributed by atoms with E-state index in [0.717, 1.165) is 0 Å². The third kappa shape index (κ3) is 3.25. The third-order valence-electron chi connectivity index (χ3n) is 3.87. The Balaban J connectivity index is 2.78. The van der Waals surface area contributed by atoms with Gasteiger partial charge >= 0.3 is 8.80 Å². The molecule has 0 fully saturated rings. The fourth-order valence-corrected chi connectivity index (χ4v) is 6.32. The summed E-state index contributed by atoms with van der Waals surface area (Å²) in [6.07, 6.45) is 0.489. The predicted molar refractivity (Wildman–Crippen MR) is 93.3 cm³/mol. The van der Waals surface area contributed by atoms with Crippen LogP contribution in [0.25, 0.3) is 0 Å². The van der Waals surface area contributed by atoms with E-state index in [4.69, 9.17) is 24.7 Å². The molecular formula is C13H26N8O3Si. The van der Waals surface area contributed by atoms with Crippen LogP contribution in [-0.2, 0) is 18.3 Å². The number of H-pyrrole nitrogens is 2. The molecule has 2 heterocycles. The van der Waals surface area contributed by atoms with Gasteiger partial charge in [0.15, 0.2) is 5.04 Å². The summed E-state index contributed by atoms with van der Waals surface area (Å²) in [5, 5.41) is 12.6. The van der Waals surface area contributed by atoms with Gasteiger partial charge in [0.25, 0.3) is 0 Å². The smallest absolute Gasteiger partial charge is 0.373 e. The molecule has 0 saturated carbocycles. The molecule has 12 heteroatoms. The Kier molecular flexibility index (Phi) is 6.10. The number of nitrogen functional groups attached to an aromatic ring is 2. The van der Waals surface area contributed by atoms with Crippen LogP contribution >= 0.6 is 0 Å². The number of aromatic nitrogens is 6. The van der Waals surface area contributed by atoms with Crippen LogP contribution in [0.5, 0.6) is 0 Å². The average molecular weight is 370 g/mol. The maximum Gasteiger partial charge on any atom is 0.523 e. The van der Waals surface area contributed by atoms with Crippen LogP contribution in [0, 0.1) is 0 Å². The second-order valence-corrected chi connectivity index (χ2v) is 8.03. The van der Waals surface area contributed by atoms with Gasteiger partial charge < -0.3 is 24.7 Å². The van der Waals surface area contributed by atoms with E-state index in [1.54, 1.807) is 0 Å². The molecule has 2 aromatic heterocycles. The van der Waals surface area contributed by atoms with Gasteiger partial charge in [-0.1, -0.05) is 6.92 Å². The topological polar surface area (TPSA) is 163 Å². The molecule has 0 aliphatic carbocycles. The third-order valence-corrected chi connectivity index (χ3v) is 7.75.